The largest absolute Gasteiger partial charge is 0.489 e. The quantitative estimate of drug-likeness (QED) is 0.298. The van der Waals surface area contributed by atoms with E-state index in [1.54, 1.807) is 39.9 Å². The first-order valence-corrected chi connectivity index (χ1v) is 13.3. The molecule has 0 fully saturated rings. The number of thiazole rings is 1. The van der Waals surface area contributed by atoms with E-state index in [0.29, 0.717) is 18.2 Å². The van der Waals surface area contributed by atoms with Gasteiger partial charge in [-0.2, -0.15) is 9.78 Å². The number of aromatic nitrogens is 3. The van der Waals surface area contributed by atoms with E-state index in [9.17, 15) is 9.18 Å². The molecule has 0 bridgehead atoms. The van der Waals surface area contributed by atoms with E-state index >= 15 is 0 Å². The molecular weight excluding hydrogens is 495 g/mol. The molecule has 0 aliphatic carbocycles. The zero-order valence-corrected chi connectivity index (χ0v) is 20.9. The van der Waals surface area contributed by atoms with Crippen LogP contribution in [0.1, 0.15) is 27.6 Å². The summed E-state index contributed by atoms with van der Waals surface area (Å²) in [5.74, 6) is 1.39. The number of amides is 1. The van der Waals surface area contributed by atoms with Crippen LogP contribution in [0.4, 0.5) is 10.2 Å². The standard InChI is InChI=1S/C27H21FN4O2S2/c1-16-24-25(18-8-12-20(13-9-18)34-14-17-6-10-19(28)11-7-17)35-15-23(33)30-26(24)32(31-16)27-29-21-4-2-3-5-22(21)36-27/h2-13,25H,14-15H2,1H3,(H,30,33)/t25-/m1/s1. The zero-order valence-electron chi connectivity index (χ0n) is 19.3. The molecule has 1 N–H and O–H groups in total. The molecule has 2 aromatic heterocycles. The summed E-state index contributed by atoms with van der Waals surface area (Å²) in [5, 5.41) is 8.49. The summed E-state index contributed by atoms with van der Waals surface area (Å²) in [4.78, 5) is 17.4. The van der Waals surface area contributed by atoms with Crippen LogP contribution in [0.25, 0.3) is 15.3 Å². The van der Waals surface area contributed by atoms with Crippen LogP contribution in [0.5, 0.6) is 5.75 Å². The number of halogens is 1. The van der Waals surface area contributed by atoms with Crippen molar-refractivity contribution < 1.29 is 13.9 Å². The topological polar surface area (TPSA) is 69.0 Å². The van der Waals surface area contributed by atoms with Crippen molar-refractivity contribution >= 4 is 45.0 Å². The van der Waals surface area contributed by atoms with Gasteiger partial charge in [-0.25, -0.2) is 9.37 Å². The Hall–Kier alpha value is -3.69. The van der Waals surface area contributed by atoms with E-state index in [2.05, 4.69) is 5.32 Å². The van der Waals surface area contributed by atoms with Crippen LogP contribution in [0.3, 0.4) is 0 Å². The third-order valence-electron chi connectivity index (χ3n) is 5.97. The molecule has 6 nitrogen and oxygen atoms in total. The molecule has 1 atom stereocenters. The van der Waals surface area contributed by atoms with Crippen molar-refractivity contribution in [2.45, 2.75) is 18.8 Å². The van der Waals surface area contributed by atoms with Gasteiger partial charge >= 0.3 is 0 Å². The number of carbonyl (C=O) groups is 1. The first kappa shape index (κ1) is 22.8. The lowest BCUT2D eigenvalue weighted by Gasteiger charge is -2.16. The molecule has 0 saturated heterocycles. The van der Waals surface area contributed by atoms with Crippen LogP contribution >= 0.6 is 23.1 Å². The van der Waals surface area contributed by atoms with Crippen molar-refractivity contribution in [2.75, 3.05) is 11.1 Å². The van der Waals surface area contributed by atoms with Crippen molar-refractivity contribution in [1.82, 2.24) is 14.8 Å². The molecule has 0 spiro atoms. The van der Waals surface area contributed by atoms with Gasteiger partial charge in [-0.15, -0.1) is 11.8 Å². The Kier molecular flexibility index (Phi) is 5.94. The number of para-hydroxylation sites is 1. The number of hydrogen-bond acceptors (Lipinski definition) is 6. The molecule has 36 heavy (non-hydrogen) atoms. The third-order valence-corrected chi connectivity index (χ3v) is 8.26. The Morgan fingerprint density at radius 3 is 2.64 bits per heavy atom. The first-order valence-electron chi connectivity index (χ1n) is 11.4. The minimum absolute atomic E-state index is 0.0646. The lowest BCUT2D eigenvalue weighted by atomic mass is 10.0. The maximum Gasteiger partial charge on any atom is 0.235 e. The summed E-state index contributed by atoms with van der Waals surface area (Å²) >= 11 is 3.12. The number of hydrogen-bond donors (Lipinski definition) is 1. The number of benzene rings is 3. The average Bonchev–Trinajstić information content (AvgIpc) is 3.40. The summed E-state index contributed by atoms with van der Waals surface area (Å²) in [7, 11) is 0. The molecule has 0 saturated carbocycles. The predicted octanol–water partition coefficient (Wildman–Crippen LogP) is 6.28. The highest BCUT2D eigenvalue weighted by molar-refractivity contribution is 8.00. The average molecular weight is 517 g/mol. The van der Waals surface area contributed by atoms with Gasteiger partial charge in [0, 0.05) is 5.56 Å². The molecule has 1 amide bonds. The van der Waals surface area contributed by atoms with Crippen molar-refractivity contribution in [3.05, 3.63) is 101 Å². The first-order chi connectivity index (χ1) is 17.5. The highest BCUT2D eigenvalue weighted by Gasteiger charge is 2.31. The zero-order chi connectivity index (χ0) is 24.6. The van der Waals surface area contributed by atoms with E-state index in [0.717, 1.165) is 43.5 Å². The number of nitrogens with one attached hydrogen (secondary N) is 1. The fraction of sp³-hybridized carbons (Fsp3) is 0.148. The minimum Gasteiger partial charge on any atom is -0.489 e. The van der Waals surface area contributed by atoms with Crippen molar-refractivity contribution in [1.29, 1.82) is 0 Å². The SMILES string of the molecule is Cc1nn(-c2nc3ccccc3s2)c2c1[C@@H](c1ccc(OCc3ccc(F)cc3)cc1)SCC(=O)N2. The molecule has 180 valence electrons. The van der Waals surface area contributed by atoms with E-state index < -0.39 is 0 Å². The second-order valence-electron chi connectivity index (χ2n) is 8.45. The van der Waals surface area contributed by atoms with Gasteiger partial charge in [-0.1, -0.05) is 47.7 Å². The number of ether oxygens (including phenoxy) is 1. The smallest absolute Gasteiger partial charge is 0.235 e. The van der Waals surface area contributed by atoms with Crippen LogP contribution in [-0.4, -0.2) is 26.4 Å². The Morgan fingerprint density at radius 1 is 1.08 bits per heavy atom. The van der Waals surface area contributed by atoms with E-state index in [-0.39, 0.29) is 17.0 Å². The fourth-order valence-corrected chi connectivity index (χ4v) is 6.33. The number of carbonyl (C=O) groups excluding carboxylic acids is 1. The van der Waals surface area contributed by atoms with E-state index in [1.807, 2.05) is 55.5 Å². The van der Waals surface area contributed by atoms with Crippen LogP contribution < -0.4 is 10.1 Å². The molecule has 3 heterocycles. The van der Waals surface area contributed by atoms with Crippen LogP contribution in [0.2, 0.25) is 0 Å². The summed E-state index contributed by atoms with van der Waals surface area (Å²) in [6.07, 6.45) is 0. The molecular formula is C27H21FN4O2S2. The Balaban J connectivity index is 1.31. The van der Waals surface area contributed by atoms with Gasteiger partial charge in [0.25, 0.3) is 0 Å². The Labute approximate surface area is 215 Å². The highest BCUT2D eigenvalue weighted by atomic mass is 32.2. The molecule has 9 heteroatoms. The molecule has 0 radical (unpaired) electrons. The Bertz CT molecular complexity index is 1530. The molecule has 1 aliphatic heterocycles. The van der Waals surface area contributed by atoms with Crippen LogP contribution in [0, 0.1) is 12.7 Å². The van der Waals surface area contributed by atoms with Crippen molar-refractivity contribution in [3.63, 3.8) is 0 Å². The maximum absolute atomic E-state index is 13.1. The number of rotatable bonds is 5. The number of anilines is 1. The number of thioether (sulfide) groups is 1. The second-order valence-corrected chi connectivity index (χ2v) is 10.5. The van der Waals surface area contributed by atoms with Crippen LogP contribution in [-0.2, 0) is 11.4 Å². The van der Waals surface area contributed by atoms with E-state index in [4.69, 9.17) is 14.8 Å². The van der Waals surface area contributed by atoms with Crippen LogP contribution in [0.15, 0.2) is 72.8 Å². The minimum atomic E-state index is -0.266. The highest BCUT2D eigenvalue weighted by Crippen LogP contribution is 2.44. The summed E-state index contributed by atoms with van der Waals surface area (Å²) in [6.45, 7) is 2.32. The number of aryl methyl sites for hydroxylation is 1. The van der Waals surface area contributed by atoms with E-state index in [1.165, 1.54) is 12.1 Å². The fourth-order valence-electron chi connectivity index (χ4n) is 4.22. The van der Waals surface area contributed by atoms with Gasteiger partial charge in [0.15, 0.2) is 0 Å². The monoisotopic (exact) mass is 516 g/mol. The van der Waals surface area contributed by atoms with Gasteiger partial charge in [-0.3, -0.25) is 4.79 Å². The van der Waals surface area contributed by atoms with Gasteiger partial charge in [-0.05, 0) is 54.4 Å². The molecule has 1 aliphatic rings. The lowest BCUT2D eigenvalue weighted by molar-refractivity contribution is -0.113. The predicted molar refractivity (Wildman–Crippen MR) is 142 cm³/mol. The molecule has 5 aromatic rings. The molecule has 0 unspecified atom stereocenters. The van der Waals surface area contributed by atoms with Gasteiger partial charge in [0.2, 0.25) is 11.0 Å². The summed E-state index contributed by atoms with van der Waals surface area (Å²) in [6, 6.07) is 22.1. The maximum atomic E-state index is 13.1. The van der Waals surface area contributed by atoms with Gasteiger partial charge in [0.1, 0.15) is 24.0 Å². The third kappa shape index (κ3) is 4.36. The van der Waals surface area contributed by atoms with Crippen molar-refractivity contribution in [3.8, 4) is 10.9 Å². The molecule has 3 aromatic carbocycles. The summed E-state index contributed by atoms with van der Waals surface area (Å²) < 4.78 is 21.8. The molecule has 6 rings (SSSR count). The lowest BCUT2D eigenvalue weighted by Crippen LogP contribution is -2.15. The van der Waals surface area contributed by atoms with Crippen molar-refractivity contribution in [2.24, 2.45) is 0 Å². The summed E-state index contributed by atoms with van der Waals surface area (Å²) in [5.41, 5.74) is 4.68. The second kappa shape index (κ2) is 9.40. The normalized spacial score (nSPS) is 15.4. The number of nitrogens with zero attached hydrogens (tertiary/aromatic N) is 3. The number of fused-ring (bicyclic) bond motifs is 2. The Morgan fingerprint density at radius 2 is 1.86 bits per heavy atom. The van der Waals surface area contributed by atoms with Gasteiger partial charge in [0.05, 0.1) is 26.9 Å². The van der Waals surface area contributed by atoms with Gasteiger partial charge < -0.3 is 10.1 Å².